The molecule has 0 N–H and O–H groups in total. The Balaban J connectivity index is 1.72. The third kappa shape index (κ3) is 3.16. The average Bonchev–Trinajstić information content (AvgIpc) is 3.37. The van der Waals surface area contributed by atoms with E-state index in [4.69, 9.17) is 0 Å². The first-order valence-corrected chi connectivity index (χ1v) is 9.64. The van der Waals surface area contributed by atoms with Crippen LogP contribution in [0.5, 0.6) is 0 Å². The van der Waals surface area contributed by atoms with Crippen molar-refractivity contribution >= 4 is 39.4 Å². The summed E-state index contributed by atoms with van der Waals surface area (Å²) in [6, 6.07) is 9.51. The van der Waals surface area contributed by atoms with Crippen LogP contribution in [0.25, 0.3) is 10.6 Å². The summed E-state index contributed by atoms with van der Waals surface area (Å²) in [5, 5.41) is 9.27. The summed E-state index contributed by atoms with van der Waals surface area (Å²) >= 11 is 2.87. The fourth-order valence-electron chi connectivity index (χ4n) is 2.49. The Morgan fingerprint density at radius 2 is 1.92 bits per heavy atom. The maximum Gasteiger partial charge on any atom is 0.284 e. The first-order chi connectivity index (χ1) is 12.6. The molecule has 1 aromatic carbocycles. The number of amides is 1. The van der Waals surface area contributed by atoms with Gasteiger partial charge >= 0.3 is 0 Å². The number of anilines is 2. The maximum atomic E-state index is 13.2. The van der Waals surface area contributed by atoms with Crippen LogP contribution in [0.1, 0.15) is 16.2 Å². The monoisotopic (exact) mass is 381 g/mol. The van der Waals surface area contributed by atoms with Crippen LogP contribution in [0.2, 0.25) is 0 Å². The molecule has 0 fully saturated rings. The summed E-state index contributed by atoms with van der Waals surface area (Å²) in [7, 11) is 1.85. The molecule has 0 spiro atoms. The molecule has 130 valence electrons. The molecule has 0 atom stereocenters. The minimum atomic E-state index is -0.197. The number of thiazole rings is 2. The van der Waals surface area contributed by atoms with E-state index in [1.807, 2.05) is 55.9 Å². The smallest absolute Gasteiger partial charge is 0.275 e. The Kier molecular flexibility index (Phi) is 4.36. The van der Waals surface area contributed by atoms with Crippen LogP contribution < -0.4 is 4.90 Å². The van der Waals surface area contributed by atoms with Crippen molar-refractivity contribution in [2.45, 2.75) is 6.92 Å². The molecule has 0 saturated heterocycles. The van der Waals surface area contributed by atoms with Crippen LogP contribution in [0, 0.1) is 6.92 Å². The molecule has 0 bridgehead atoms. The molecule has 0 aliphatic heterocycles. The zero-order chi connectivity index (χ0) is 18.1. The number of carbonyl (C=O) groups excluding carboxylic acids is 1. The Morgan fingerprint density at radius 3 is 2.58 bits per heavy atom. The normalized spacial score (nSPS) is 10.8. The molecule has 3 aromatic heterocycles. The summed E-state index contributed by atoms with van der Waals surface area (Å²) in [5.41, 5.74) is 2.94. The van der Waals surface area contributed by atoms with Crippen molar-refractivity contribution in [2.24, 2.45) is 7.05 Å². The van der Waals surface area contributed by atoms with E-state index in [9.17, 15) is 4.79 Å². The molecule has 4 aromatic rings. The molecule has 6 nitrogen and oxygen atoms in total. The van der Waals surface area contributed by atoms with E-state index < -0.39 is 0 Å². The third-order valence-corrected chi connectivity index (χ3v) is 5.53. The van der Waals surface area contributed by atoms with Crippen molar-refractivity contribution in [3.8, 4) is 10.6 Å². The van der Waals surface area contributed by atoms with E-state index in [1.54, 1.807) is 21.2 Å². The molecule has 0 radical (unpaired) electrons. The zero-order valence-electron chi connectivity index (χ0n) is 14.2. The fourth-order valence-corrected chi connectivity index (χ4v) is 4.08. The predicted molar refractivity (Wildman–Crippen MR) is 104 cm³/mol. The lowest BCUT2D eigenvalue weighted by atomic mass is 10.3. The van der Waals surface area contributed by atoms with Gasteiger partial charge in [0.2, 0.25) is 0 Å². The fraction of sp³-hybridized carbons (Fsp3) is 0.111. The molecule has 0 unspecified atom stereocenters. The second-order valence-corrected chi connectivity index (χ2v) is 7.38. The summed E-state index contributed by atoms with van der Waals surface area (Å²) < 4.78 is 1.72. The molecule has 3 heterocycles. The molecule has 0 saturated carbocycles. The summed E-state index contributed by atoms with van der Waals surface area (Å²) in [6.07, 6.45) is 3.62. The van der Waals surface area contributed by atoms with Crippen molar-refractivity contribution in [2.75, 3.05) is 4.90 Å². The van der Waals surface area contributed by atoms with Crippen LogP contribution >= 0.6 is 22.7 Å². The number of para-hydroxylation sites is 1. The quantitative estimate of drug-likeness (QED) is 0.529. The lowest BCUT2D eigenvalue weighted by Gasteiger charge is -2.18. The highest BCUT2D eigenvalue weighted by Gasteiger charge is 2.24. The van der Waals surface area contributed by atoms with E-state index in [0.29, 0.717) is 10.8 Å². The van der Waals surface area contributed by atoms with Crippen LogP contribution in [0.15, 0.2) is 53.5 Å². The third-order valence-electron chi connectivity index (χ3n) is 3.69. The number of rotatable bonds is 4. The van der Waals surface area contributed by atoms with Crippen molar-refractivity contribution in [3.05, 3.63) is 64.9 Å². The maximum absolute atomic E-state index is 13.2. The van der Waals surface area contributed by atoms with E-state index in [-0.39, 0.29) is 5.91 Å². The van der Waals surface area contributed by atoms with Gasteiger partial charge in [0.1, 0.15) is 10.7 Å². The highest BCUT2D eigenvalue weighted by molar-refractivity contribution is 7.14. The van der Waals surface area contributed by atoms with E-state index in [2.05, 4.69) is 15.1 Å². The summed E-state index contributed by atoms with van der Waals surface area (Å²) in [6.45, 7) is 1.91. The molecular formula is C18H15N5OS2. The first kappa shape index (κ1) is 16.6. The van der Waals surface area contributed by atoms with Gasteiger partial charge < -0.3 is 0 Å². The predicted octanol–water partition coefficient (Wildman–Crippen LogP) is 4.29. The standard InChI is InChI=1S/C18H15N5OS2/c1-12-10-26-18(20-12)23(14-6-4-3-5-7-14)17(24)15-11-25-16(21-15)13-8-19-22(2)9-13/h3-11H,1-2H3. The molecule has 4 rings (SSSR count). The molecule has 26 heavy (non-hydrogen) atoms. The largest absolute Gasteiger partial charge is 0.284 e. The minimum absolute atomic E-state index is 0.197. The first-order valence-electron chi connectivity index (χ1n) is 7.88. The second-order valence-electron chi connectivity index (χ2n) is 5.69. The number of carbonyl (C=O) groups is 1. The SMILES string of the molecule is Cc1csc(N(C(=O)c2csc(-c3cnn(C)c3)n2)c2ccccc2)n1. The van der Waals surface area contributed by atoms with Gasteiger partial charge in [0.25, 0.3) is 5.91 Å². The molecule has 1 amide bonds. The Labute approximate surface area is 158 Å². The van der Waals surface area contributed by atoms with E-state index >= 15 is 0 Å². The van der Waals surface area contributed by atoms with Crippen molar-refractivity contribution in [3.63, 3.8) is 0 Å². The molecule has 8 heteroatoms. The van der Waals surface area contributed by atoms with Gasteiger partial charge in [-0.05, 0) is 19.1 Å². The number of nitrogens with zero attached hydrogens (tertiary/aromatic N) is 5. The van der Waals surface area contributed by atoms with Crippen molar-refractivity contribution < 1.29 is 4.79 Å². The number of aromatic nitrogens is 4. The number of hydrogen-bond donors (Lipinski definition) is 0. The lowest BCUT2D eigenvalue weighted by molar-refractivity contribution is 0.0995. The number of aryl methyl sites for hydroxylation is 2. The van der Waals surface area contributed by atoms with Gasteiger partial charge in [0.05, 0.1) is 17.6 Å². The van der Waals surface area contributed by atoms with Gasteiger partial charge in [-0.1, -0.05) is 18.2 Å². The highest BCUT2D eigenvalue weighted by Crippen LogP contribution is 2.31. The van der Waals surface area contributed by atoms with Gasteiger partial charge in [-0.15, -0.1) is 22.7 Å². The van der Waals surface area contributed by atoms with Crippen molar-refractivity contribution in [1.29, 1.82) is 0 Å². The summed E-state index contributed by atoms with van der Waals surface area (Å²) in [5.74, 6) is -0.197. The van der Waals surface area contributed by atoms with Gasteiger partial charge in [-0.25, -0.2) is 9.97 Å². The van der Waals surface area contributed by atoms with E-state index in [0.717, 1.165) is 22.0 Å². The molecule has 0 aliphatic rings. The van der Waals surface area contributed by atoms with Gasteiger partial charge in [0.15, 0.2) is 5.13 Å². The second kappa shape index (κ2) is 6.81. The average molecular weight is 381 g/mol. The lowest BCUT2D eigenvalue weighted by Crippen LogP contribution is -2.26. The van der Waals surface area contributed by atoms with Crippen LogP contribution in [-0.4, -0.2) is 25.7 Å². The van der Waals surface area contributed by atoms with Gasteiger partial charge in [-0.3, -0.25) is 14.4 Å². The van der Waals surface area contributed by atoms with Crippen molar-refractivity contribution in [1.82, 2.24) is 19.7 Å². The van der Waals surface area contributed by atoms with Crippen LogP contribution in [0.4, 0.5) is 10.8 Å². The number of benzene rings is 1. The summed E-state index contributed by atoms with van der Waals surface area (Å²) in [4.78, 5) is 23.8. The van der Waals surface area contributed by atoms with Crippen LogP contribution in [0.3, 0.4) is 0 Å². The zero-order valence-corrected chi connectivity index (χ0v) is 15.8. The van der Waals surface area contributed by atoms with Gasteiger partial charge in [-0.2, -0.15) is 5.10 Å². The Morgan fingerprint density at radius 1 is 1.12 bits per heavy atom. The number of hydrogen-bond acceptors (Lipinski definition) is 6. The van der Waals surface area contributed by atoms with Gasteiger partial charge in [0, 0.05) is 29.6 Å². The Hall–Kier alpha value is -2.84. The molecular weight excluding hydrogens is 366 g/mol. The topological polar surface area (TPSA) is 63.9 Å². The highest BCUT2D eigenvalue weighted by atomic mass is 32.1. The Bertz CT molecular complexity index is 1050. The minimum Gasteiger partial charge on any atom is -0.275 e. The van der Waals surface area contributed by atoms with Crippen LogP contribution in [-0.2, 0) is 7.05 Å². The van der Waals surface area contributed by atoms with E-state index in [1.165, 1.54) is 22.7 Å². The molecule has 0 aliphatic carbocycles.